The number of benzene rings is 2. The molecule has 2 spiro atoms. The van der Waals surface area contributed by atoms with Gasteiger partial charge in [-0.05, 0) is 36.8 Å². The molecule has 4 saturated carbocycles. The molecule has 6 aliphatic rings. The minimum Gasteiger partial charge on any atom is -0.507 e. The second-order valence-corrected chi connectivity index (χ2v) is 10.8. The van der Waals surface area contributed by atoms with Crippen molar-refractivity contribution in [3.05, 3.63) is 69.8 Å². The van der Waals surface area contributed by atoms with Crippen LogP contribution in [0, 0.1) is 34.5 Å². The molecule has 6 unspecified atom stereocenters. The quantitative estimate of drug-likeness (QED) is 0.447. The average molecular weight is 482 g/mol. The van der Waals surface area contributed by atoms with Crippen molar-refractivity contribution < 1.29 is 39.6 Å². The average Bonchev–Trinajstić information content (AvgIpc) is 3.32. The zero-order valence-corrected chi connectivity index (χ0v) is 18.6. The zero-order valence-electron chi connectivity index (χ0n) is 18.6. The van der Waals surface area contributed by atoms with Crippen LogP contribution in [0.5, 0.6) is 11.5 Å². The van der Waals surface area contributed by atoms with Crippen molar-refractivity contribution in [2.45, 2.75) is 12.8 Å². The van der Waals surface area contributed by atoms with Crippen molar-refractivity contribution in [3.8, 4) is 11.5 Å². The maximum absolute atomic E-state index is 14.3. The molecule has 6 atom stereocenters. The lowest BCUT2D eigenvalue weighted by Gasteiger charge is -2.51. The number of aliphatic hydroxyl groups is 2. The maximum atomic E-state index is 14.3. The Morgan fingerprint density at radius 1 is 0.611 bits per heavy atom. The molecule has 8 rings (SSSR count). The van der Waals surface area contributed by atoms with E-state index in [0.717, 1.165) is 0 Å². The summed E-state index contributed by atoms with van der Waals surface area (Å²) in [5.74, 6) is -7.30. The van der Waals surface area contributed by atoms with Gasteiger partial charge in [-0.15, -0.1) is 0 Å². The third-order valence-corrected chi connectivity index (χ3v) is 9.96. The first-order valence-corrected chi connectivity index (χ1v) is 11.9. The number of phenols is 2. The fourth-order valence-corrected chi connectivity index (χ4v) is 8.99. The smallest absolute Gasteiger partial charge is 0.175 e. The summed E-state index contributed by atoms with van der Waals surface area (Å²) < 4.78 is 0. The lowest BCUT2D eigenvalue weighted by molar-refractivity contribution is -0.131. The number of allylic oxidation sites excluding steroid dienone is 2. The van der Waals surface area contributed by atoms with Crippen LogP contribution in [0.25, 0.3) is 11.5 Å². The number of aromatic hydroxyl groups is 2. The van der Waals surface area contributed by atoms with Crippen molar-refractivity contribution in [2.75, 3.05) is 0 Å². The number of fused-ring (bicyclic) bond motifs is 4. The summed E-state index contributed by atoms with van der Waals surface area (Å²) >= 11 is 0. The Labute approximate surface area is 203 Å². The molecule has 4 bridgehead atoms. The Morgan fingerprint density at radius 3 is 1.39 bits per heavy atom. The van der Waals surface area contributed by atoms with Gasteiger partial charge in [0.05, 0.1) is 33.1 Å². The Bertz CT molecular complexity index is 1520. The van der Waals surface area contributed by atoms with Gasteiger partial charge in [0.25, 0.3) is 0 Å². The van der Waals surface area contributed by atoms with E-state index in [1.165, 1.54) is 36.4 Å². The van der Waals surface area contributed by atoms with Gasteiger partial charge < -0.3 is 20.4 Å². The van der Waals surface area contributed by atoms with Gasteiger partial charge in [0.1, 0.15) is 23.0 Å². The van der Waals surface area contributed by atoms with Crippen molar-refractivity contribution >= 4 is 34.7 Å². The van der Waals surface area contributed by atoms with E-state index in [1.54, 1.807) is 0 Å². The van der Waals surface area contributed by atoms with Crippen LogP contribution >= 0.6 is 0 Å². The van der Waals surface area contributed by atoms with E-state index >= 15 is 0 Å². The number of carbonyl (C=O) groups is 4. The zero-order chi connectivity index (χ0) is 25.0. The lowest BCUT2D eigenvalue weighted by Crippen LogP contribution is -2.59. The van der Waals surface area contributed by atoms with Crippen molar-refractivity contribution in [1.29, 1.82) is 0 Å². The highest BCUT2D eigenvalue weighted by atomic mass is 16.3. The molecule has 36 heavy (non-hydrogen) atoms. The van der Waals surface area contributed by atoms with Crippen molar-refractivity contribution in [3.63, 3.8) is 0 Å². The first kappa shape index (κ1) is 20.0. The SMILES string of the molecule is O=C1C2=C(O)c3c(O)cccc3C(=O)C23C2CC4C3CC1C41C(=O)c3cccc(O)c3C(O)=C1C2=O. The molecule has 6 aliphatic carbocycles. The Balaban J connectivity index is 1.52. The summed E-state index contributed by atoms with van der Waals surface area (Å²) in [7, 11) is 0. The number of Topliss-reactive ketones (excluding diaryl/α,β-unsaturated/α-hetero) is 4. The number of rotatable bonds is 0. The van der Waals surface area contributed by atoms with Crippen LogP contribution in [0.2, 0.25) is 0 Å². The van der Waals surface area contributed by atoms with Gasteiger partial charge in [0.2, 0.25) is 0 Å². The van der Waals surface area contributed by atoms with E-state index in [2.05, 4.69) is 0 Å². The minimum atomic E-state index is -1.68. The summed E-state index contributed by atoms with van der Waals surface area (Å²) in [6.45, 7) is 0. The fourth-order valence-electron chi connectivity index (χ4n) is 8.99. The molecule has 4 N–H and O–H groups in total. The van der Waals surface area contributed by atoms with Gasteiger partial charge in [-0.3, -0.25) is 19.2 Å². The molecular formula is C28H18O8. The second-order valence-electron chi connectivity index (χ2n) is 10.8. The predicted octanol–water partition coefficient (Wildman–Crippen LogP) is 3.14. The Kier molecular flexibility index (Phi) is 3.12. The first-order valence-electron chi connectivity index (χ1n) is 11.9. The molecule has 0 heterocycles. The van der Waals surface area contributed by atoms with Crippen LogP contribution in [0.1, 0.15) is 44.7 Å². The molecule has 0 aromatic heterocycles. The molecule has 8 heteroatoms. The van der Waals surface area contributed by atoms with Crippen LogP contribution in [0.15, 0.2) is 47.5 Å². The first-order chi connectivity index (χ1) is 17.2. The minimum absolute atomic E-state index is 0.0252. The van der Waals surface area contributed by atoms with E-state index < -0.39 is 69.2 Å². The molecule has 0 radical (unpaired) electrons. The standard InChI is InChI=1S/C28H18O8/c29-15-5-1-3-9-17(15)23(33)19-22(32)14-7-11-12-8-13(27(11,19)25(9)35)21(31)20-24(34)18-10(4-2-6-16(18)30)26(36)28(12,14)20/h1-6,11-14,29-30,33-34H,7-8H2. The maximum Gasteiger partial charge on any atom is 0.175 e. The van der Waals surface area contributed by atoms with Gasteiger partial charge in [-0.1, -0.05) is 24.3 Å². The van der Waals surface area contributed by atoms with Crippen LogP contribution in [-0.2, 0) is 9.59 Å². The molecular weight excluding hydrogens is 464 g/mol. The van der Waals surface area contributed by atoms with Gasteiger partial charge in [0, 0.05) is 23.0 Å². The van der Waals surface area contributed by atoms with Crippen LogP contribution in [-0.4, -0.2) is 43.6 Å². The van der Waals surface area contributed by atoms with E-state index in [0.29, 0.717) is 0 Å². The van der Waals surface area contributed by atoms with E-state index in [1.807, 2.05) is 0 Å². The van der Waals surface area contributed by atoms with Crippen LogP contribution in [0.4, 0.5) is 0 Å². The largest absolute Gasteiger partial charge is 0.507 e. The lowest BCUT2D eigenvalue weighted by atomic mass is 9.47. The van der Waals surface area contributed by atoms with Gasteiger partial charge >= 0.3 is 0 Å². The van der Waals surface area contributed by atoms with Crippen LogP contribution in [0.3, 0.4) is 0 Å². The highest BCUT2D eigenvalue weighted by molar-refractivity contribution is 6.30. The molecule has 8 nitrogen and oxygen atoms in total. The Hall–Kier alpha value is -4.20. The van der Waals surface area contributed by atoms with E-state index in [-0.39, 0.29) is 57.7 Å². The normalized spacial score (nSPS) is 36.8. The van der Waals surface area contributed by atoms with E-state index in [4.69, 9.17) is 0 Å². The van der Waals surface area contributed by atoms with Crippen molar-refractivity contribution in [2.24, 2.45) is 34.5 Å². The molecule has 0 amide bonds. The number of hydrogen-bond acceptors (Lipinski definition) is 8. The van der Waals surface area contributed by atoms with Crippen molar-refractivity contribution in [1.82, 2.24) is 0 Å². The number of phenolic OH excluding ortho intramolecular Hbond substituents is 2. The summed E-state index contributed by atoms with van der Waals surface area (Å²) in [5.41, 5.74) is -3.95. The third kappa shape index (κ3) is 1.61. The predicted molar refractivity (Wildman–Crippen MR) is 122 cm³/mol. The summed E-state index contributed by atoms with van der Waals surface area (Å²) in [4.78, 5) is 56.9. The second kappa shape index (κ2) is 5.61. The summed E-state index contributed by atoms with van der Waals surface area (Å²) in [6.07, 6.45) is 0.335. The highest BCUT2D eigenvalue weighted by Crippen LogP contribution is 2.80. The number of aliphatic hydroxyl groups excluding tert-OH is 2. The molecule has 178 valence electrons. The van der Waals surface area contributed by atoms with Gasteiger partial charge in [0.15, 0.2) is 23.1 Å². The molecule has 0 saturated heterocycles. The topological polar surface area (TPSA) is 149 Å². The monoisotopic (exact) mass is 482 g/mol. The molecule has 2 aromatic carbocycles. The molecule has 4 fully saturated rings. The highest BCUT2D eigenvalue weighted by Gasteiger charge is 2.84. The number of ketones is 4. The summed E-state index contributed by atoms with van der Waals surface area (Å²) in [6, 6.07) is 8.45. The number of carbonyl (C=O) groups excluding carboxylic acids is 4. The molecule has 0 aliphatic heterocycles. The van der Waals surface area contributed by atoms with Gasteiger partial charge in [-0.2, -0.15) is 0 Å². The Morgan fingerprint density at radius 2 is 1.00 bits per heavy atom. The number of hydrogen-bond donors (Lipinski definition) is 4. The third-order valence-electron chi connectivity index (χ3n) is 9.96. The summed E-state index contributed by atoms with van der Waals surface area (Å²) in [5, 5.41) is 43.7. The van der Waals surface area contributed by atoms with E-state index in [9.17, 15) is 39.6 Å². The fraction of sp³-hybridized carbons (Fsp3) is 0.286. The van der Waals surface area contributed by atoms with Gasteiger partial charge in [-0.25, -0.2) is 0 Å². The van der Waals surface area contributed by atoms with Crippen LogP contribution < -0.4 is 0 Å². The molecule has 2 aromatic rings.